The topological polar surface area (TPSA) is 73.6 Å². The Labute approximate surface area is 80.4 Å². The van der Waals surface area contributed by atoms with Crippen LogP contribution in [0.1, 0.15) is 11.7 Å². The minimum Gasteiger partial charge on any atom is -0.394 e. The van der Waals surface area contributed by atoms with Gasteiger partial charge in [0.05, 0.1) is 11.6 Å². The van der Waals surface area contributed by atoms with Crippen molar-refractivity contribution in [3.05, 3.63) is 29.0 Å². The van der Waals surface area contributed by atoms with Crippen LogP contribution in [0.3, 0.4) is 0 Å². The summed E-state index contributed by atoms with van der Waals surface area (Å²) in [7, 11) is 0. The Morgan fingerprint density at radius 2 is 2.08 bits per heavy atom. The molecule has 0 aliphatic heterocycles. The average Bonchev–Trinajstić information content (AvgIpc) is 2.15. The van der Waals surface area contributed by atoms with Crippen molar-refractivity contribution in [2.75, 3.05) is 6.61 Å². The van der Waals surface area contributed by atoms with E-state index in [1.807, 2.05) is 0 Å². The fraction of sp³-hybridized carbons (Fsp3) is 0.375. The van der Waals surface area contributed by atoms with Crippen LogP contribution in [0.2, 0.25) is 5.02 Å². The van der Waals surface area contributed by atoms with Gasteiger partial charge < -0.3 is 15.3 Å². The maximum Gasteiger partial charge on any atom is 0.109 e. The van der Waals surface area contributed by atoms with Crippen molar-refractivity contribution in [3.8, 4) is 0 Å². The second-order valence-corrected chi connectivity index (χ2v) is 3.07. The monoisotopic (exact) mass is 203 g/mol. The smallest absolute Gasteiger partial charge is 0.109 e. The summed E-state index contributed by atoms with van der Waals surface area (Å²) in [6.45, 7) is -0.506. The van der Waals surface area contributed by atoms with Crippen LogP contribution in [0.5, 0.6) is 0 Å². The molecule has 72 valence electrons. The minimum absolute atomic E-state index is 0.377. The number of aromatic nitrogens is 1. The molecule has 2 unspecified atom stereocenters. The molecule has 2 atom stereocenters. The van der Waals surface area contributed by atoms with Crippen molar-refractivity contribution < 1.29 is 15.3 Å². The lowest BCUT2D eigenvalue weighted by atomic mass is 10.1. The summed E-state index contributed by atoms with van der Waals surface area (Å²) in [6, 6.07) is 1.48. The fourth-order valence-corrected chi connectivity index (χ4v) is 1.09. The standard InChI is InChI=1S/C8H10ClNO3/c9-6-1-5(2-10-3-6)8(13)7(12)4-11/h1-3,7-8,11-13H,4H2. The van der Waals surface area contributed by atoms with Crippen LogP contribution in [0, 0.1) is 0 Å². The molecule has 1 heterocycles. The molecule has 13 heavy (non-hydrogen) atoms. The van der Waals surface area contributed by atoms with Crippen molar-refractivity contribution in [2.45, 2.75) is 12.2 Å². The van der Waals surface area contributed by atoms with Crippen LogP contribution in [0.4, 0.5) is 0 Å². The molecule has 1 aromatic heterocycles. The number of aliphatic hydroxyl groups is 3. The van der Waals surface area contributed by atoms with Gasteiger partial charge in [-0.3, -0.25) is 4.98 Å². The first kappa shape index (κ1) is 10.4. The summed E-state index contributed by atoms with van der Waals surface area (Å²) in [4.78, 5) is 3.74. The van der Waals surface area contributed by atoms with Crippen LogP contribution < -0.4 is 0 Å². The predicted molar refractivity (Wildman–Crippen MR) is 47.3 cm³/mol. The van der Waals surface area contributed by atoms with E-state index in [1.54, 1.807) is 0 Å². The zero-order valence-corrected chi connectivity index (χ0v) is 7.52. The van der Waals surface area contributed by atoms with Gasteiger partial charge in [-0.2, -0.15) is 0 Å². The average molecular weight is 204 g/mol. The second-order valence-electron chi connectivity index (χ2n) is 2.63. The molecule has 0 aliphatic rings. The van der Waals surface area contributed by atoms with E-state index in [-0.39, 0.29) is 0 Å². The fourth-order valence-electron chi connectivity index (χ4n) is 0.912. The molecule has 0 radical (unpaired) electrons. The molecule has 4 nitrogen and oxygen atoms in total. The molecule has 3 N–H and O–H groups in total. The molecule has 0 spiro atoms. The van der Waals surface area contributed by atoms with E-state index in [0.717, 1.165) is 0 Å². The quantitative estimate of drug-likeness (QED) is 0.653. The van der Waals surface area contributed by atoms with Gasteiger partial charge >= 0.3 is 0 Å². The van der Waals surface area contributed by atoms with Gasteiger partial charge in [-0.1, -0.05) is 11.6 Å². The molecule has 0 fully saturated rings. The number of aliphatic hydroxyl groups excluding tert-OH is 3. The van der Waals surface area contributed by atoms with Crippen LogP contribution in [-0.4, -0.2) is 33.0 Å². The molecule has 5 heteroatoms. The highest BCUT2D eigenvalue weighted by Crippen LogP contribution is 2.18. The van der Waals surface area contributed by atoms with E-state index in [4.69, 9.17) is 21.8 Å². The zero-order chi connectivity index (χ0) is 9.84. The minimum atomic E-state index is -1.21. The zero-order valence-electron chi connectivity index (χ0n) is 6.76. The molecular formula is C8H10ClNO3. The van der Waals surface area contributed by atoms with Gasteiger partial charge in [0.25, 0.3) is 0 Å². The summed E-state index contributed by atoms with van der Waals surface area (Å²) in [5.74, 6) is 0. The Morgan fingerprint density at radius 1 is 1.38 bits per heavy atom. The number of hydrogen-bond acceptors (Lipinski definition) is 4. The number of halogens is 1. The van der Waals surface area contributed by atoms with Crippen molar-refractivity contribution in [1.29, 1.82) is 0 Å². The molecular weight excluding hydrogens is 194 g/mol. The van der Waals surface area contributed by atoms with Crippen LogP contribution >= 0.6 is 11.6 Å². The third-order valence-electron chi connectivity index (χ3n) is 1.62. The van der Waals surface area contributed by atoms with Gasteiger partial charge in [-0.25, -0.2) is 0 Å². The molecule has 1 rings (SSSR count). The summed E-state index contributed by atoms with van der Waals surface area (Å²) >= 11 is 5.62. The molecule has 1 aromatic rings. The van der Waals surface area contributed by atoms with E-state index >= 15 is 0 Å². The van der Waals surface area contributed by atoms with E-state index in [0.29, 0.717) is 10.6 Å². The van der Waals surface area contributed by atoms with Crippen molar-refractivity contribution in [2.24, 2.45) is 0 Å². The predicted octanol–water partition coefficient (Wildman–Crippen LogP) is 0.122. The van der Waals surface area contributed by atoms with Gasteiger partial charge in [-0.05, 0) is 6.07 Å². The molecule has 0 bridgehead atoms. The highest BCUT2D eigenvalue weighted by atomic mass is 35.5. The van der Waals surface area contributed by atoms with Gasteiger partial charge in [0.15, 0.2) is 0 Å². The Morgan fingerprint density at radius 3 is 2.62 bits per heavy atom. The first-order valence-corrected chi connectivity index (χ1v) is 4.10. The van der Waals surface area contributed by atoms with Crippen molar-refractivity contribution in [3.63, 3.8) is 0 Å². The van der Waals surface area contributed by atoms with Crippen LogP contribution in [0.15, 0.2) is 18.5 Å². The van der Waals surface area contributed by atoms with Crippen LogP contribution in [-0.2, 0) is 0 Å². The van der Waals surface area contributed by atoms with E-state index in [2.05, 4.69) is 4.98 Å². The highest BCUT2D eigenvalue weighted by Gasteiger charge is 2.17. The van der Waals surface area contributed by atoms with E-state index < -0.39 is 18.8 Å². The first-order valence-electron chi connectivity index (χ1n) is 3.72. The number of pyridine rings is 1. The third-order valence-corrected chi connectivity index (χ3v) is 1.83. The number of nitrogens with zero attached hydrogens (tertiary/aromatic N) is 1. The summed E-state index contributed by atoms with van der Waals surface area (Å²) in [5.41, 5.74) is 0.383. The van der Waals surface area contributed by atoms with E-state index in [9.17, 15) is 5.11 Å². The lowest BCUT2D eigenvalue weighted by Crippen LogP contribution is -2.22. The Bertz CT molecular complexity index is 282. The Hall–Kier alpha value is -0.680. The lowest BCUT2D eigenvalue weighted by Gasteiger charge is -2.15. The molecule has 0 saturated carbocycles. The molecule has 0 saturated heterocycles. The highest BCUT2D eigenvalue weighted by molar-refractivity contribution is 6.30. The van der Waals surface area contributed by atoms with E-state index in [1.165, 1.54) is 18.5 Å². The largest absolute Gasteiger partial charge is 0.394 e. The van der Waals surface area contributed by atoms with Crippen LogP contribution in [0.25, 0.3) is 0 Å². The lowest BCUT2D eigenvalue weighted by molar-refractivity contribution is -0.0154. The van der Waals surface area contributed by atoms with Gasteiger partial charge in [0.1, 0.15) is 12.2 Å². The summed E-state index contributed by atoms with van der Waals surface area (Å²) in [5, 5.41) is 27.5. The number of hydrogen-bond donors (Lipinski definition) is 3. The van der Waals surface area contributed by atoms with Gasteiger partial charge in [0.2, 0.25) is 0 Å². The summed E-state index contributed by atoms with van der Waals surface area (Å²) in [6.07, 6.45) is 0.440. The third kappa shape index (κ3) is 2.63. The second kappa shape index (κ2) is 4.53. The molecule has 0 aliphatic carbocycles. The normalized spacial score (nSPS) is 15.4. The molecule has 0 amide bonds. The number of rotatable bonds is 3. The maximum atomic E-state index is 9.40. The Balaban J connectivity index is 2.82. The molecule has 0 aromatic carbocycles. The SMILES string of the molecule is OCC(O)C(O)c1cncc(Cl)c1. The van der Waals surface area contributed by atoms with Gasteiger partial charge in [0, 0.05) is 18.0 Å². The van der Waals surface area contributed by atoms with Gasteiger partial charge in [-0.15, -0.1) is 0 Å². The van der Waals surface area contributed by atoms with Crippen molar-refractivity contribution >= 4 is 11.6 Å². The first-order chi connectivity index (χ1) is 6.15. The van der Waals surface area contributed by atoms with Crippen molar-refractivity contribution in [1.82, 2.24) is 4.98 Å². The Kier molecular flexibility index (Phi) is 3.62. The summed E-state index contributed by atoms with van der Waals surface area (Å²) < 4.78 is 0. The maximum absolute atomic E-state index is 9.40.